The van der Waals surface area contributed by atoms with Crippen LogP contribution in [0, 0.1) is 0 Å². The minimum atomic E-state index is -0.268. The topological polar surface area (TPSA) is 77.2 Å². The first-order valence-electron chi connectivity index (χ1n) is 9.33. The van der Waals surface area contributed by atoms with Crippen LogP contribution in [0.1, 0.15) is 46.0 Å². The first-order chi connectivity index (χ1) is 13.6. The molecule has 0 spiro atoms. The molecular weight excluding hydrogens is 376 g/mol. The number of aryl methyl sites for hydroxylation is 1. The fourth-order valence-corrected chi connectivity index (χ4v) is 4.33. The summed E-state index contributed by atoms with van der Waals surface area (Å²) in [6.07, 6.45) is 2.48. The number of hydrogen-bond donors (Lipinski definition) is 0. The summed E-state index contributed by atoms with van der Waals surface area (Å²) >= 11 is 1.56. The molecule has 2 aliphatic rings. The van der Waals surface area contributed by atoms with Crippen molar-refractivity contribution in [2.45, 2.75) is 31.8 Å². The van der Waals surface area contributed by atoms with Gasteiger partial charge in [0.1, 0.15) is 0 Å². The fraction of sp³-hybridized carbons (Fsp3) is 0.300. The molecule has 28 heavy (non-hydrogen) atoms. The van der Waals surface area contributed by atoms with Crippen LogP contribution < -0.4 is 5.69 Å². The van der Waals surface area contributed by atoms with Crippen molar-refractivity contribution in [2.24, 2.45) is 0 Å². The lowest BCUT2D eigenvalue weighted by Crippen LogP contribution is -2.32. The van der Waals surface area contributed by atoms with Gasteiger partial charge >= 0.3 is 5.69 Å². The van der Waals surface area contributed by atoms with Crippen molar-refractivity contribution in [2.75, 3.05) is 6.54 Å². The molecule has 0 N–H and O–H groups in total. The van der Waals surface area contributed by atoms with Crippen LogP contribution in [0.5, 0.6) is 0 Å². The van der Waals surface area contributed by atoms with Crippen LogP contribution in [-0.2, 0) is 6.54 Å². The number of imide groups is 1. The molecule has 2 aromatic heterocycles. The SMILES string of the molecule is O=C1c2ccccc2C(=O)N1CCCn1nc(-c2cccs2)n(C2CC2)c1=O. The summed E-state index contributed by atoms with van der Waals surface area (Å²) in [5.74, 6) is 0.176. The van der Waals surface area contributed by atoms with E-state index in [1.54, 1.807) is 40.2 Å². The normalized spacial score (nSPS) is 16.1. The number of fused-ring (bicyclic) bond motifs is 1. The van der Waals surface area contributed by atoms with Gasteiger partial charge < -0.3 is 0 Å². The monoisotopic (exact) mass is 394 g/mol. The Bertz CT molecular complexity index is 1090. The van der Waals surface area contributed by atoms with E-state index in [-0.39, 0.29) is 30.1 Å². The second-order valence-corrected chi connectivity index (χ2v) is 8.02. The molecule has 1 fully saturated rings. The van der Waals surface area contributed by atoms with Gasteiger partial charge in [-0.3, -0.25) is 19.1 Å². The number of carbonyl (C=O) groups excluding carboxylic acids is 2. The van der Waals surface area contributed by atoms with Gasteiger partial charge in [0.05, 0.1) is 16.0 Å². The predicted molar refractivity (Wildman–Crippen MR) is 104 cm³/mol. The highest BCUT2D eigenvalue weighted by atomic mass is 32.1. The Morgan fingerprint density at radius 2 is 1.68 bits per heavy atom. The highest BCUT2D eigenvalue weighted by Gasteiger charge is 2.35. The Balaban J connectivity index is 1.33. The molecule has 5 rings (SSSR count). The number of carbonyl (C=O) groups is 2. The van der Waals surface area contributed by atoms with Gasteiger partial charge in [0, 0.05) is 19.1 Å². The first-order valence-corrected chi connectivity index (χ1v) is 10.2. The number of aromatic nitrogens is 3. The lowest BCUT2D eigenvalue weighted by atomic mass is 10.1. The Morgan fingerprint density at radius 1 is 0.964 bits per heavy atom. The molecule has 0 saturated heterocycles. The van der Waals surface area contributed by atoms with Gasteiger partial charge in [0.25, 0.3) is 11.8 Å². The number of thiophene rings is 1. The summed E-state index contributed by atoms with van der Waals surface area (Å²) in [5.41, 5.74) is 0.776. The van der Waals surface area contributed by atoms with Gasteiger partial charge in [-0.2, -0.15) is 0 Å². The zero-order chi connectivity index (χ0) is 19.3. The predicted octanol–water partition coefficient (Wildman–Crippen LogP) is 2.79. The Labute approximate surface area is 164 Å². The van der Waals surface area contributed by atoms with Gasteiger partial charge in [-0.15, -0.1) is 16.4 Å². The van der Waals surface area contributed by atoms with Gasteiger partial charge in [0.2, 0.25) is 0 Å². The molecule has 0 atom stereocenters. The molecule has 1 aliphatic heterocycles. The fourth-order valence-electron chi connectivity index (χ4n) is 3.62. The molecular formula is C20H18N4O3S. The van der Waals surface area contributed by atoms with Crippen molar-refractivity contribution in [3.63, 3.8) is 0 Å². The van der Waals surface area contributed by atoms with E-state index in [4.69, 9.17) is 0 Å². The average molecular weight is 394 g/mol. The van der Waals surface area contributed by atoms with E-state index in [1.807, 2.05) is 17.5 Å². The Morgan fingerprint density at radius 3 is 2.29 bits per heavy atom. The van der Waals surface area contributed by atoms with E-state index in [2.05, 4.69) is 5.10 Å². The molecule has 142 valence electrons. The van der Waals surface area contributed by atoms with Crippen LogP contribution in [0.15, 0.2) is 46.6 Å². The summed E-state index contributed by atoms with van der Waals surface area (Å²) in [7, 11) is 0. The van der Waals surface area contributed by atoms with E-state index < -0.39 is 0 Å². The van der Waals surface area contributed by atoms with Crippen molar-refractivity contribution >= 4 is 23.2 Å². The first kappa shape index (κ1) is 17.1. The number of benzene rings is 1. The number of nitrogens with zero attached hydrogens (tertiary/aromatic N) is 4. The van der Waals surface area contributed by atoms with E-state index in [9.17, 15) is 14.4 Å². The number of amides is 2. The summed E-state index contributed by atoms with van der Waals surface area (Å²) < 4.78 is 3.25. The molecule has 3 heterocycles. The maximum atomic E-state index is 12.8. The molecule has 3 aromatic rings. The Hall–Kier alpha value is -3.00. The Kier molecular flexibility index (Phi) is 4.01. The highest BCUT2D eigenvalue weighted by Crippen LogP contribution is 2.37. The summed E-state index contributed by atoms with van der Waals surface area (Å²) in [5, 5.41) is 6.51. The van der Waals surface area contributed by atoms with Gasteiger partial charge in [0.15, 0.2) is 5.82 Å². The third kappa shape index (κ3) is 2.72. The van der Waals surface area contributed by atoms with E-state index in [1.165, 1.54) is 9.58 Å². The maximum absolute atomic E-state index is 12.8. The van der Waals surface area contributed by atoms with Gasteiger partial charge in [-0.1, -0.05) is 18.2 Å². The second-order valence-electron chi connectivity index (χ2n) is 7.07. The minimum Gasteiger partial charge on any atom is -0.274 e. The van der Waals surface area contributed by atoms with Crippen molar-refractivity contribution in [1.82, 2.24) is 19.2 Å². The van der Waals surface area contributed by atoms with Gasteiger partial charge in [-0.05, 0) is 42.8 Å². The van der Waals surface area contributed by atoms with Crippen LogP contribution in [0.25, 0.3) is 10.7 Å². The zero-order valence-corrected chi connectivity index (χ0v) is 15.9. The lowest BCUT2D eigenvalue weighted by Gasteiger charge is -2.13. The average Bonchev–Trinajstić information content (AvgIpc) is 3.19. The van der Waals surface area contributed by atoms with Crippen molar-refractivity contribution in [3.8, 4) is 10.7 Å². The maximum Gasteiger partial charge on any atom is 0.346 e. The van der Waals surface area contributed by atoms with Crippen LogP contribution in [0.4, 0.5) is 0 Å². The molecule has 2 amide bonds. The van der Waals surface area contributed by atoms with Crippen molar-refractivity contribution in [1.29, 1.82) is 0 Å². The standard InChI is InChI=1S/C20H18N4O3S/c25-18-14-5-1-2-6-15(14)19(26)22(18)10-4-11-23-20(27)24(13-8-9-13)17(21-23)16-7-3-12-28-16/h1-3,5-7,12-13H,4,8-11H2. The zero-order valence-electron chi connectivity index (χ0n) is 15.1. The third-order valence-electron chi connectivity index (χ3n) is 5.15. The quantitative estimate of drug-likeness (QED) is 0.603. The smallest absolute Gasteiger partial charge is 0.274 e. The van der Waals surface area contributed by atoms with Crippen LogP contribution >= 0.6 is 11.3 Å². The molecule has 1 aliphatic carbocycles. The minimum absolute atomic E-state index is 0.117. The van der Waals surface area contributed by atoms with E-state index in [0.29, 0.717) is 29.9 Å². The highest BCUT2D eigenvalue weighted by molar-refractivity contribution is 7.13. The molecule has 0 radical (unpaired) electrons. The summed E-state index contributed by atoms with van der Waals surface area (Å²) in [6, 6.07) is 11.0. The van der Waals surface area contributed by atoms with E-state index >= 15 is 0 Å². The molecule has 8 heteroatoms. The number of rotatable bonds is 6. The molecule has 0 bridgehead atoms. The van der Waals surface area contributed by atoms with Crippen molar-refractivity contribution in [3.05, 3.63) is 63.4 Å². The summed E-state index contributed by atoms with van der Waals surface area (Å²) in [4.78, 5) is 39.9. The lowest BCUT2D eigenvalue weighted by molar-refractivity contribution is 0.0650. The van der Waals surface area contributed by atoms with E-state index in [0.717, 1.165) is 17.7 Å². The molecule has 1 aromatic carbocycles. The van der Waals surface area contributed by atoms with Crippen LogP contribution in [-0.4, -0.2) is 37.6 Å². The van der Waals surface area contributed by atoms with Crippen LogP contribution in [0.2, 0.25) is 0 Å². The van der Waals surface area contributed by atoms with Crippen molar-refractivity contribution < 1.29 is 9.59 Å². The largest absolute Gasteiger partial charge is 0.346 e. The van der Waals surface area contributed by atoms with Gasteiger partial charge in [-0.25, -0.2) is 9.48 Å². The summed E-state index contributed by atoms with van der Waals surface area (Å²) in [6.45, 7) is 0.633. The third-order valence-corrected chi connectivity index (χ3v) is 6.02. The molecule has 1 saturated carbocycles. The van der Waals surface area contributed by atoms with Crippen LogP contribution in [0.3, 0.4) is 0 Å². The molecule has 7 nitrogen and oxygen atoms in total. The second kappa shape index (κ2) is 6.56. The molecule has 0 unspecified atom stereocenters. The number of hydrogen-bond acceptors (Lipinski definition) is 5.